The number of hydrogen-bond acceptors (Lipinski definition) is 3. The summed E-state index contributed by atoms with van der Waals surface area (Å²) in [5, 5.41) is 6.87. The molecule has 3 nitrogen and oxygen atoms in total. The average Bonchev–Trinajstić information content (AvgIpc) is 2.46. The van der Waals surface area contributed by atoms with Gasteiger partial charge in [0.05, 0.1) is 0 Å². The zero-order valence-corrected chi connectivity index (χ0v) is 13.0. The normalized spacial score (nSPS) is 22.5. The van der Waals surface area contributed by atoms with Gasteiger partial charge in [0.25, 0.3) is 0 Å². The number of nitrogens with one attached hydrogen (secondary N) is 2. The van der Waals surface area contributed by atoms with Gasteiger partial charge in [0.2, 0.25) is 0 Å². The molecule has 2 unspecified atom stereocenters. The van der Waals surface area contributed by atoms with Gasteiger partial charge >= 0.3 is 0 Å². The molecule has 2 atom stereocenters. The third kappa shape index (κ3) is 5.03. The Bertz CT molecular complexity index is 392. The largest absolute Gasteiger partial charge is 0.385 e. The molecule has 0 radical (unpaired) electrons. The van der Waals surface area contributed by atoms with Crippen molar-refractivity contribution in [3.8, 4) is 0 Å². The molecule has 1 heterocycles. The van der Waals surface area contributed by atoms with Gasteiger partial charge in [-0.1, -0.05) is 33.1 Å². The minimum absolute atomic E-state index is 0.922. The number of anilines is 2. The quantitative estimate of drug-likeness (QED) is 0.767. The lowest BCUT2D eigenvalue weighted by molar-refractivity contribution is 0.274. The van der Waals surface area contributed by atoms with Crippen molar-refractivity contribution in [2.24, 2.45) is 11.8 Å². The van der Waals surface area contributed by atoms with Crippen LogP contribution in [0.4, 0.5) is 11.5 Å². The van der Waals surface area contributed by atoms with Crippen molar-refractivity contribution in [1.82, 2.24) is 4.98 Å². The van der Waals surface area contributed by atoms with Gasteiger partial charge in [0.15, 0.2) is 0 Å². The van der Waals surface area contributed by atoms with E-state index in [0.29, 0.717) is 0 Å². The molecule has 1 aromatic rings. The van der Waals surface area contributed by atoms with E-state index in [1.165, 1.54) is 37.8 Å². The Morgan fingerprint density at radius 2 is 2.15 bits per heavy atom. The van der Waals surface area contributed by atoms with Crippen molar-refractivity contribution in [3.63, 3.8) is 0 Å². The second-order valence-electron chi connectivity index (χ2n) is 6.21. The van der Waals surface area contributed by atoms with Crippen LogP contribution in [-0.2, 0) is 0 Å². The van der Waals surface area contributed by atoms with Crippen molar-refractivity contribution < 1.29 is 0 Å². The van der Waals surface area contributed by atoms with Gasteiger partial charge in [0, 0.05) is 31.0 Å². The smallest absolute Gasteiger partial charge is 0.127 e. The van der Waals surface area contributed by atoms with Crippen LogP contribution < -0.4 is 10.6 Å². The van der Waals surface area contributed by atoms with Gasteiger partial charge in [-0.05, 0) is 37.2 Å². The van der Waals surface area contributed by atoms with Crippen LogP contribution in [0, 0.1) is 11.8 Å². The lowest BCUT2D eigenvalue weighted by atomic mass is 9.81. The molecule has 1 fully saturated rings. The molecule has 1 aromatic heterocycles. The Morgan fingerprint density at radius 1 is 1.25 bits per heavy atom. The molecule has 1 saturated carbocycles. The van der Waals surface area contributed by atoms with E-state index in [9.17, 15) is 0 Å². The molecule has 112 valence electrons. The Kier molecular flexibility index (Phi) is 6.16. The van der Waals surface area contributed by atoms with Crippen LogP contribution in [0.3, 0.4) is 0 Å². The van der Waals surface area contributed by atoms with E-state index in [2.05, 4.69) is 41.6 Å². The minimum atomic E-state index is 0.922. The molecule has 1 aliphatic carbocycles. The average molecular weight is 275 g/mol. The molecule has 0 saturated heterocycles. The van der Waals surface area contributed by atoms with E-state index in [4.69, 9.17) is 0 Å². The predicted molar refractivity (Wildman–Crippen MR) is 87.2 cm³/mol. The number of hydrogen-bond donors (Lipinski definition) is 2. The van der Waals surface area contributed by atoms with E-state index >= 15 is 0 Å². The van der Waals surface area contributed by atoms with Crippen LogP contribution in [0.2, 0.25) is 0 Å². The van der Waals surface area contributed by atoms with Crippen LogP contribution >= 0.6 is 0 Å². The Hall–Kier alpha value is -1.25. The maximum absolute atomic E-state index is 4.33. The van der Waals surface area contributed by atoms with E-state index in [1.807, 2.05) is 6.20 Å². The fraction of sp³-hybridized carbons (Fsp3) is 0.706. The molecule has 3 heteroatoms. The van der Waals surface area contributed by atoms with Crippen LogP contribution in [-0.4, -0.2) is 18.1 Å². The highest BCUT2D eigenvalue weighted by Crippen LogP contribution is 2.30. The van der Waals surface area contributed by atoms with Gasteiger partial charge in [-0.2, -0.15) is 0 Å². The minimum Gasteiger partial charge on any atom is -0.385 e. The summed E-state index contributed by atoms with van der Waals surface area (Å²) in [5.41, 5.74) is 1.18. The summed E-state index contributed by atoms with van der Waals surface area (Å²) in [7, 11) is 0. The predicted octanol–water partition coefficient (Wildman–Crippen LogP) is 4.53. The van der Waals surface area contributed by atoms with Crippen LogP contribution in [0.1, 0.15) is 52.4 Å². The van der Waals surface area contributed by atoms with Crippen LogP contribution in [0.15, 0.2) is 18.3 Å². The monoisotopic (exact) mass is 275 g/mol. The summed E-state index contributed by atoms with van der Waals surface area (Å²) in [5.74, 6) is 2.83. The van der Waals surface area contributed by atoms with E-state index in [-0.39, 0.29) is 0 Å². The van der Waals surface area contributed by atoms with E-state index in [0.717, 1.165) is 37.2 Å². The Labute approximate surface area is 123 Å². The summed E-state index contributed by atoms with van der Waals surface area (Å²) < 4.78 is 0. The summed E-state index contributed by atoms with van der Waals surface area (Å²) in [4.78, 5) is 4.33. The SMILES string of the molecule is CCCNc1cc(NCCC2CCCC(C)C2)ccn1. The van der Waals surface area contributed by atoms with E-state index in [1.54, 1.807) is 0 Å². The molecule has 1 aliphatic rings. The molecule has 20 heavy (non-hydrogen) atoms. The highest BCUT2D eigenvalue weighted by atomic mass is 15.0. The fourth-order valence-corrected chi connectivity index (χ4v) is 3.13. The van der Waals surface area contributed by atoms with Crippen LogP contribution in [0.25, 0.3) is 0 Å². The second-order valence-corrected chi connectivity index (χ2v) is 6.21. The molecule has 0 aliphatic heterocycles. The summed E-state index contributed by atoms with van der Waals surface area (Å²) in [6.45, 7) is 6.62. The molecule has 0 bridgehead atoms. The first kappa shape index (κ1) is 15.1. The Morgan fingerprint density at radius 3 is 2.95 bits per heavy atom. The summed E-state index contributed by atoms with van der Waals surface area (Å²) in [6, 6.07) is 4.17. The van der Waals surface area contributed by atoms with Gasteiger partial charge in [-0.3, -0.25) is 0 Å². The zero-order valence-electron chi connectivity index (χ0n) is 13.0. The highest BCUT2D eigenvalue weighted by Gasteiger charge is 2.18. The van der Waals surface area contributed by atoms with E-state index < -0.39 is 0 Å². The lowest BCUT2D eigenvalue weighted by Gasteiger charge is -2.26. The van der Waals surface area contributed by atoms with Crippen molar-refractivity contribution in [2.75, 3.05) is 23.7 Å². The molecule has 2 N–H and O–H groups in total. The summed E-state index contributed by atoms with van der Waals surface area (Å²) in [6.07, 6.45) is 9.99. The topological polar surface area (TPSA) is 37.0 Å². The van der Waals surface area contributed by atoms with Gasteiger partial charge in [0.1, 0.15) is 5.82 Å². The number of nitrogens with zero attached hydrogens (tertiary/aromatic N) is 1. The second kappa shape index (κ2) is 8.13. The van der Waals surface area contributed by atoms with Crippen LogP contribution in [0.5, 0.6) is 0 Å². The first-order chi connectivity index (χ1) is 9.78. The molecule has 2 rings (SSSR count). The standard InChI is InChI=1S/C17H29N3/c1-3-9-19-17-13-16(8-11-20-17)18-10-7-15-6-4-5-14(2)12-15/h8,11,13-15H,3-7,9-10,12H2,1-2H3,(H2,18,19,20). The number of rotatable bonds is 7. The van der Waals surface area contributed by atoms with Crippen molar-refractivity contribution in [2.45, 2.75) is 52.4 Å². The van der Waals surface area contributed by atoms with Crippen molar-refractivity contribution in [3.05, 3.63) is 18.3 Å². The van der Waals surface area contributed by atoms with Crippen molar-refractivity contribution >= 4 is 11.5 Å². The zero-order chi connectivity index (χ0) is 14.2. The van der Waals surface area contributed by atoms with Gasteiger partial charge < -0.3 is 10.6 Å². The third-order valence-corrected chi connectivity index (χ3v) is 4.24. The first-order valence-electron chi connectivity index (χ1n) is 8.21. The maximum Gasteiger partial charge on any atom is 0.127 e. The Balaban J connectivity index is 1.73. The highest BCUT2D eigenvalue weighted by molar-refractivity contribution is 5.51. The maximum atomic E-state index is 4.33. The number of aromatic nitrogens is 1. The molecule has 0 amide bonds. The first-order valence-corrected chi connectivity index (χ1v) is 8.21. The molecule has 0 aromatic carbocycles. The third-order valence-electron chi connectivity index (χ3n) is 4.24. The fourth-order valence-electron chi connectivity index (χ4n) is 3.13. The number of pyridine rings is 1. The van der Waals surface area contributed by atoms with Gasteiger partial charge in [-0.25, -0.2) is 4.98 Å². The summed E-state index contributed by atoms with van der Waals surface area (Å²) >= 11 is 0. The molecular formula is C17H29N3. The lowest BCUT2D eigenvalue weighted by Crippen LogP contribution is -2.16. The molecular weight excluding hydrogens is 246 g/mol. The van der Waals surface area contributed by atoms with Gasteiger partial charge in [-0.15, -0.1) is 0 Å². The molecule has 0 spiro atoms. The van der Waals surface area contributed by atoms with Crippen molar-refractivity contribution in [1.29, 1.82) is 0 Å².